The van der Waals surface area contributed by atoms with Crippen LogP contribution < -0.4 is 5.73 Å². The maximum Gasteiger partial charge on any atom is 0.337 e. The molecule has 7 heteroatoms. The summed E-state index contributed by atoms with van der Waals surface area (Å²) in [6.45, 7) is 1.09. The summed E-state index contributed by atoms with van der Waals surface area (Å²) in [6, 6.07) is 3.27. The van der Waals surface area contributed by atoms with Crippen molar-refractivity contribution in [1.82, 2.24) is 0 Å². The molecule has 0 aliphatic rings. The quantitative estimate of drug-likeness (QED) is 0.649. The fraction of sp³-hybridized carbons (Fsp3) is 0.222. The maximum atomic E-state index is 11.5. The van der Waals surface area contributed by atoms with E-state index in [9.17, 15) is 13.2 Å². The minimum absolute atomic E-state index is 0.0305. The molecule has 1 aromatic rings. The van der Waals surface area contributed by atoms with E-state index in [-0.39, 0.29) is 16.1 Å². The van der Waals surface area contributed by atoms with Gasteiger partial charge < -0.3 is 15.9 Å². The largest absolute Gasteiger partial charge is 0.478 e. The molecule has 6 nitrogen and oxygen atoms in total. The number of carboxylic acids is 1. The summed E-state index contributed by atoms with van der Waals surface area (Å²) >= 11 is 0. The fourth-order valence-corrected chi connectivity index (χ4v) is 2.03. The molecule has 0 aliphatic carbocycles. The van der Waals surface area contributed by atoms with Gasteiger partial charge in [0.25, 0.3) is 0 Å². The summed E-state index contributed by atoms with van der Waals surface area (Å²) in [7, 11) is -3.91. The molecule has 4 N–H and O–H groups in total. The molecule has 1 unspecified atom stereocenters. The number of aliphatic hydroxyl groups is 1. The molecule has 0 heterocycles. The Labute approximate surface area is 92.2 Å². The number of carboxylic acid groups (broad SMARTS) is 1. The van der Waals surface area contributed by atoms with E-state index in [0.717, 1.165) is 19.1 Å². The summed E-state index contributed by atoms with van der Waals surface area (Å²) in [6.07, 6.45) is 0. The molecule has 0 radical (unpaired) electrons. The molecule has 16 heavy (non-hydrogen) atoms. The second-order valence-corrected chi connectivity index (χ2v) is 5.44. The second kappa shape index (κ2) is 4.11. The predicted molar refractivity (Wildman–Crippen MR) is 56.7 cm³/mol. The van der Waals surface area contributed by atoms with Crippen LogP contribution in [0.15, 0.2) is 23.1 Å². The van der Waals surface area contributed by atoms with E-state index in [1.165, 1.54) is 6.07 Å². The Hall–Kier alpha value is -1.60. The van der Waals surface area contributed by atoms with Crippen LogP contribution in [-0.2, 0) is 9.84 Å². The summed E-state index contributed by atoms with van der Waals surface area (Å²) in [4.78, 5) is 10.5. The highest BCUT2D eigenvalue weighted by molar-refractivity contribution is 7.91. The Morgan fingerprint density at radius 3 is 2.44 bits per heavy atom. The number of hydrogen-bond donors (Lipinski definition) is 3. The average molecular weight is 245 g/mol. The zero-order valence-electron chi connectivity index (χ0n) is 8.41. The van der Waals surface area contributed by atoms with E-state index in [1.807, 2.05) is 0 Å². The molecule has 0 fully saturated rings. The summed E-state index contributed by atoms with van der Waals surface area (Å²) < 4.78 is 23.1. The van der Waals surface area contributed by atoms with Crippen LogP contribution in [0.3, 0.4) is 0 Å². The molecule has 0 bridgehead atoms. The SMILES string of the molecule is CC(O)S(=O)(=O)c1ccc(N)c(C(=O)O)c1. The van der Waals surface area contributed by atoms with Crippen LogP contribution in [-0.4, -0.2) is 30.0 Å². The van der Waals surface area contributed by atoms with E-state index in [2.05, 4.69) is 0 Å². The number of nitrogen functional groups attached to an aromatic ring is 1. The first kappa shape index (κ1) is 12.5. The smallest absolute Gasteiger partial charge is 0.337 e. The van der Waals surface area contributed by atoms with Gasteiger partial charge in [0.2, 0.25) is 9.84 Å². The van der Waals surface area contributed by atoms with Gasteiger partial charge in [-0.3, -0.25) is 0 Å². The van der Waals surface area contributed by atoms with Gasteiger partial charge in [0.15, 0.2) is 5.44 Å². The first-order valence-electron chi connectivity index (χ1n) is 4.31. The molecular weight excluding hydrogens is 234 g/mol. The van der Waals surface area contributed by atoms with E-state index >= 15 is 0 Å². The Bertz CT molecular complexity index is 521. The third kappa shape index (κ3) is 2.15. The van der Waals surface area contributed by atoms with Crippen molar-refractivity contribution in [3.63, 3.8) is 0 Å². The molecule has 0 aliphatic heterocycles. The summed E-state index contributed by atoms with van der Waals surface area (Å²) in [5.41, 5.74) is 3.44. The predicted octanol–water partition coefficient (Wildman–Crippen LogP) is 0.0790. The lowest BCUT2D eigenvalue weighted by Gasteiger charge is -2.08. The van der Waals surface area contributed by atoms with Gasteiger partial charge in [0.1, 0.15) is 0 Å². The van der Waals surface area contributed by atoms with Crippen molar-refractivity contribution in [3.05, 3.63) is 23.8 Å². The Morgan fingerprint density at radius 2 is 2.00 bits per heavy atom. The third-order valence-corrected chi connectivity index (χ3v) is 3.84. The number of sulfone groups is 1. The first-order valence-corrected chi connectivity index (χ1v) is 5.86. The minimum atomic E-state index is -3.91. The van der Waals surface area contributed by atoms with Crippen molar-refractivity contribution in [2.75, 3.05) is 5.73 Å². The van der Waals surface area contributed by atoms with Gasteiger partial charge in [-0.1, -0.05) is 0 Å². The number of aromatic carboxylic acids is 1. The van der Waals surface area contributed by atoms with Crippen LogP contribution in [0.1, 0.15) is 17.3 Å². The fourth-order valence-electron chi connectivity index (χ4n) is 1.09. The van der Waals surface area contributed by atoms with Gasteiger partial charge in [-0.05, 0) is 25.1 Å². The lowest BCUT2D eigenvalue weighted by Crippen LogP contribution is -2.17. The minimum Gasteiger partial charge on any atom is -0.478 e. The van der Waals surface area contributed by atoms with Crippen LogP contribution in [0.2, 0.25) is 0 Å². The maximum absolute atomic E-state index is 11.5. The van der Waals surface area contributed by atoms with Crippen LogP contribution in [0.5, 0.6) is 0 Å². The van der Waals surface area contributed by atoms with Crippen LogP contribution >= 0.6 is 0 Å². The Balaban J connectivity index is 3.40. The number of nitrogens with two attached hydrogens (primary N) is 1. The molecule has 0 spiro atoms. The number of benzene rings is 1. The zero-order chi connectivity index (χ0) is 12.5. The molecule has 1 aromatic carbocycles. The van der Waals surface area contributed by atoms with Crippen molar-refractivity contribution in [1.29, 1.82) is 0 Å². The van der Waals surface area contributed by atoms with Crippen molar-refractivity contribution in [3.8, 4) is 0 Å². The average Bonchev–Trinajstić information content (AvgIpc) is 2.17. The Morgan fingerprint density at radius 1 is 1.44 bits per heavy atom. The van der Waals surface area contributed by atoms with E-state index < -0.39 is 21.2 Å². The third-order valence-electron chi connectivity index (χ3n) is 2.03. The molecular formula is C9H11NO5S. The van der Waals surface area contributed by atoms with Gasteiger partial charge in [-0.2, -0.15) is 0 Å². The number of carbonyl (C=O) groups is 1. The van der Waals surface area contributed by atoms with Crippen molar-refractivity contribution in [2.24, 2.45) is 0 Å². The van der Waals surface area contributed by atoms with E-state index in [1.54, 1.807) is 0 Å². The van der Waals surface area contributed by atoms with Gasteiger partial charge in [-0.25, -0.2) is 13.2 Å². The number of rotatable bonds is 3. The number of anilines is 1. The standard InChI is InChI=1S/C9H11NO5S/c1-5(11)16(14,15)6-2-3-8(10)7(4-6)9(12)13/h2-5,11H,10H2,1H3,(H,12,13). The molecule has 1 atom stereocenters. The van der Waals surface area contributed by atoms with Crippen molar-refractivity contribution < 1.29 is 23.4 Å². The Kier molecular flexibility index (Phi) is 3.20. The normalized spacial score (nSPS) is 13.4. The molecule has 88 valence electrons. The highest BCUT2D eigenvalue weighted by Gasteiger charge is 2.22. The van der Waals surface area contributed by atoms with E-state index in [0.29, 0.717) is 0 Å². The second-order valence-electron chi connectivity index (χ2n) is 3.20. The molecule has 1 rings (SSSR count). The molecule has 0 aromatic heterocycles. The van der Waals surface area contributed by atoms with Gasteiger partial charge in [0.05, 0.1) is 10.5 Å². The van der Waals surface area contributed by atoms with Crippen LogP contribution in [0, 0.1) is 0 Å². The summed E-state index contributed by atoms with van der Waals surface area (Å²) in [5.74, 6) is -1.32. The van der Waals surface area contributed by atoms with Crippen LogP contribution in [0.4, 0.5) is 5.69 Å². The monoisotopic (exact) mass is 245 g/mol. The van der Waals surface area contributed by atoms with Gasteiger partial charge >= 0.3 is 5.97 Å². The highest BCUT2D eigenvalue weighted by Crippen LogP contribution is 2.20. The summed E-state index contributed by atoms with van der Waals surface area (Å²) in [5, 5.41) is 17.8. The zero-order valence-corrected chi connectivity index (χ0v) is 9.23. The molecule has 0 saturated heterocycles. The van der Waals surface area contributed by atoms with Crippen molar-refractivity contribution in [2.45, 2.75) is 17.3 Å². The lowest BCUT2D eigenvalue weighted by atomic mass is 10.2. The number of hydrogen-bond acceptors (Lipinski definition) is 5. The number of aliphatic hydroxyl groups excluding tert-OH is 1. The first-order chi connectivity index (χ1) is 7.26. The molecule has 0 amide bonds. The van der Waals surface area contributed by atoms with Gasteiger partial charge in [-0.15, -0.1) is 0 Å². The highest BCUT2D eigenvalue weighted by atomic mass is 32.2. The van der Waals surface area contributed by atoms with Crippen molar-refractivity contribution >= 4 is 21.5 Å². The molecule has 0 saturated carbocycles. The van der Waals surface area contributed by atoms with Gasteiger partial charge in [0, 0.05) is 5.69 Å². The van der Waals surface area contributed by atoms with E-state index in [4.69, 9.17) is 15.9 Å². The topological polar surface area (TPSA) is 118 Å². The van der Waals surface area contributed by atoms with Crippen LogP contribution in [0.25, 0.3) is 0 Å². The lowest BCUT2D eigenvalue weighted by molar-refractivity contribution is 0.0697.